The van der Waals surface area contributed by atoms with E-state index < -0.39 is 0 Å². The predicted molar refractivity (Wildman–Crippen MR) is 63.0 cm³/mol. The maximum atomic E-state index is 8.95. The summed E-state index contributed by atoms with van der Waals surface area (Å²) in [5.74, 6) is 0.842. The SMILES string of the molecule is CCCN(CCO)c1cc(N)c(C)cn1. The van der Waals surface area contributed by atoms with Crippen LogP contribution >= 0.6 is 0 Å². The summed E-state index contributed by atoms with van der Waals surface area (Å²) in [6.45, 7) is 5.65. The minimum Gasteiger partial charge on any atom is -0.398 e. The van der Waals surface area contributed by atoms with Gasteiger partial charge in [-0.05, 0) is 18.9 Å². The number of hydrogen-bond acceptors (Lipinski definition) is 4. The van der Waals surface area contributed by atoms with Gasteiger partial charge in [0.1, 0.15) is 5.82 Å². The minimum atomic E-state index is 0.134. The molecule has 0 spiro atoms. The fourth-order valence-electron chi connectivity index (χ4n) is 1.43. The van der Waals surface area contributed by atoms with Crippen molar-refractivity contribution in [2.24, 2.45) is 0 Å². The molecule has 0 saturated carbocycles. The Bertz CT molecular complexity index is 309. The number of nitrogens with zero attached hydrogens (tertiary/aromatic N) is 2. The van der Waals surface area contributed by atoms with Crippen molar-refractivity contribution in [1.82, 2.24) is 4.98 Å². The van der Waals surface area contributed by atoms with E-state index >= 15 is 0 Å². The van der Waals surface area contributed by atoms with Crippen LogP contribution in [0.5, 0.6) is 0 Å². The highest BCUT2D eigenvalue weighted by Gasteiger charge is 2.07. The summed E-state index contributed by atoms with van der Waals surface area (Å²) < 4.78 is 0. The number of nitrogens with two attached hydrogens (primary N) is 1. The van der Waals surface area contributed by atoms with Gasteiger partial charge in [-0.3, -0.25) is 0 Å². The Kier molecular flexibility index (Phi) is 4.37. The number of aliphatic hydroxyl groups excluding tert-OH is 1. The topological polar surface area (TPSA) is 62.4 Å². The maximum Gasteiger partial charge on any atom is 0.130 e. The highest BCUT2D eigenvalue weighted by Crippen LogP contribution is 2.17. The molecule has 0 radical (unpaired) electrons. The highest BCUT2D eigenvalue weighted by molar-refractivity contribution is 5.54. The number of pyridine rings is 1. The summed E-state index contributed by atoms with van der Waals surface area (Å²) in [5.41, 5.74) is 7.56. The summed E-state index contributed by atoms with van der Waals surface area (Å²) >= 11 is 0. The molecule has 3 N–H and O–H groups in total. The fourth-order valence-corrected chi connectivity index (χ4v) is 1.43. The zero-order valence-corrected chi connectivity index (χ0v) is 9.40. The molecule has 0 aromatic carbocycles. The van der Waals surface area contributed by atoms with Crippen LogP contribution in [0.3, 0.4) is 0 Å². The van der Waals surface area contributed by atoms with Crippen molar-refractivity contribution in [1.29, 1.82) is 0 Å². The molecule has 4 nitrogen and oxygen atoms in total. The van der Waals surface area contributed by atoms with Crippen LogP contribution in [0.25, 0.3) is 0 Å². The number of aryl methyl sites for hydroxylation is 1. The lowest BCUT2D eigenvalue weighted by atomic mass is 10.2. The lowest BCUT2D eigenvalue weighted by molar-refractivity contribution is 0.301. The van der Waals surface area contributed by atoms with Gasteiger partial charge in [-0.25, -0.2) is 4.98 Å². The number of rotatable bonds is 5. The summed E-state index contributed by atoms with van der Waals surface area (Å²) in [6, 6.07) is 1.86. The number of nitrogen functional groups attached to an aromatic ring is 1. The zero-order valence-electron chi connectivity index (χ0n) is 9.40. The molecule has 1 aromatic heterocycles. The highest BCUT2D eigenvalue weighted by atomic mass is 16.3. The molecule has 0 atom stereocenters. The molecule has 84 valence electrons. The Morgan fingerprint density at radius 3 is 2.73 bits per heavy atom. The van der Waals surface area contributed by atoms with Crippen molar-refractivity contribution >= 4 is 11.5 Å². The first kappa shape index (κ1) is 11.8. The van der Waals surface area contributed by atoms with E-state index in [-0.39, 0.29) is 6.61 Å². The molecule has 0 aliphatic heterocycles. The van der Waals surface area contributed by atoms with E-state index in [1.54, 1.807) is 6.20 Å². The monoisotopic (exact) mass is 209 g/mol. The Morgan fingerprint density at radius 1 is 1.47 bits per heavy atom. The molecule has 0 aliphatic carbocycles. The molecular formula is C11H19N3O. The van der Waals surface area contributed by atoms with E-state index in [9.17, 15) is 0 Å². The van der Waals surface area contributed by atoms with Crippen LogP contribution in [0.2, 0.25) is 0 Å². The molecule has 1 aromatic rings. The van der Waals surface area contributed by atoms with Crippen molar-refractivity contribution < 1.29 is 5.11 Å². The van der Waals surface area contributed by atoms with Gasteiger partial charge in [-0.1, -0.05) is 6.92 Å². The van der Waals surface area contributed by atoms with Crippen LogP contribution in [0, 0.1) is 6.92 Å². The molecule has 0 aliphatic rings. The third-order valence-corrected chi connectivity index (χ3v) is 2.32. The predicted octanol–water partition coefficient (Wildman–Crippen LogP) is 1.18. The number of hydrogen-bond donors (Lipinski definition) is 2. The van der Waals surface area contributed by atoms with Crippen LogP contribution in [-0.2, 0) is 0 Å². The van der Waals surface area contributed by atoms with Gasteiger partial charge >= 0.3 is 0 Å². The maximum absolute atomic E-state index is 8.95. The first-order chi connectivity index (χ1) is 7.19. The molecule has 4 heteroatoms. The molecule has 0 amide bonds. The smallest absolute Gasteiger partial charge is 0.130 e. The van der Waals surface area contributed by atoms with E-state index in [0.29, 0.717) is 6.54 Å². The summed E-state index contributed by atoms with van der Waals surface area (Å²) in [6.07, 6.45) is 2.79. The summed E-state index contributed by atoms with van der Waals surface area (Å²) in [4.78, 5) is 6.35. The van der Waals surface area contributed by atoms with Gasteiger partial charge in [-0.15, -0.1) is 0 Å². The van der Waals surface area contributed by atoms with E-state index in [4.69, 9.17) is 10.8 Å². The van der Waals surface area contributed by atoms with Gasteiger partial charge in [-0.2, -0.15) is 0 Å². The fraction of sp³-hybridized carbons (Fsp3) is 0.545. The van der Waals surface area contributed by atoms with Gasteiger partial charge in [0.05, 0.1) is 6.61 Å². The van der Waals surface area contributed by atoms with Gasteiger partial charge in [0.15, 0.2) is 0 Å². The normalized spacial score (nSPS) is 10.3. The van der Waals surface area contributed by atoms with Crippen molar-refractivity contribution in [3.05, 3.63) is 17.8 Å². The van der Waals surface area contributed by atoms with Crippen molar-refractivity contribution in [2.45, 2.75) is 20.3 Å². The number of anilines is 2. The molecule has 0 bridgehead atoms. The largest absolute Gasteiger partial charge is 0.398 e. The quantitative estimate of drug-likeness (QED) is 0.764. The first-order valence-corrected chi connectivity index (χ1v) is 5.27. The lowest BCUT2D eigenvalue weighted by Crippen LogP contribution is -2.28. The van der Waals surface area contributed by atoms with Crippen LogP contribution < -0.4 is 10.6 Å². The van der Waals surface area contributed by atoms with Crippen molar-refractivity contribution in [3.8, 4) is 0 Å². The van der Waals surface area contributed by atoms with E-state index in [1.165, 1.54) is 0 Å². The van der Waals surface area contributed by atoms with Crippen LogP contribution in [0.15, 0.2) is 12.3 Å². The van der Waals surface area contributed by atoms with Crippen molar-refractivity contribution in [2.75, 3.05) is 30.3 Å². The molecule has 0 saturated heterocycles. The second kappa shape index (κ2) is 5.56. The van der Waals surface area contributed by atoms with E-state index in [2.05, 4.69) is 11.9 Å². The Morgan fingerprint density at radius 2 is 2.20 bits per heavy atom. The third-order valence-electron chi connectivity index (χ3n) is 2.32. The lowest BCUT2D eigenvalue weighted by Gasteiger charge is -2.22. The first-order valence-electron chi connectivity index (χ1n) is 5.27. The third kappa shape index (κ3) is 3.09. The van der Waals surface area contributed by atoms with Gasteiger partial charge < -0.3 is 15.7 Å². The molecule has 1 heterocycles. The molecular weight excluding hydrogens is 190 g/mol. The van der Waals surface area contributed by atoms with E-state index in [0.717, 1.165) is 30.0 Å². The molecule has 15 heavy (non-hydrogen) atoms. The average Bonchev–Trinajstić information content (AvgIpc) is 2.22. The van der Waals surface area contributed by atoms with Gasteiger partial charge in [0.2, 0.25) is 0 Å². The van der Waals surface area contributed by atoms with Crippen LogP contribution in [0.1, 0.15) is 18.9 Å². The zero-order chi connectivity index (χ0) is 11.3. The molecule has 0 unspecified atom stereocenters. The second-order valence-electron chi connectivity index (χ2n) is 3.61. The Balaban J connectivity index is 2.85. The minimum absolute atomic E-state index is 0.134. The van der Waals surface area contributed by atoms with Crippen molar-refractivity contribution in [3.63, 3.8) is 0 Å². The number of aliphatic hydroxyl groups is 1. The van der Waals surface area contributed by atoms with Crippen LogP contribution in [-0.4, -0.2) is 29.8 Å². The van der Waals surface area contributed by atoms with Gasteiger partial charge in [0, 0.05) is 31.0 Å². The molecule has 1 rings (SSSR count). The summed E-state index contributed by atoms with van der Waals surface area (Å²) in [5, 5.41) is 8.95. The Hall–Kier alpha value is -1.29. The Labute approximate surface area is 90.7 Å². The number of aromatic nitrogens is 1. The second-order valence-corrected chi connectivity index (χ2v) is 3.61. The van der Waals surface area contributed by atoms with Gasteiger partial charge in [0.25, 0.3) is 0 Å². The standard InChI is InChI=1S/C11H19N3O/c1-3-4-14(5-6-15)11-7-10(12)9(2)8-13-11/h7-8,15H,3-6H2,1-2H3,(H2,12,13). The molecule has 0 fully saturated rings. The average molecular weight is 209 g/mol. The summed E-state index contributed by atoms with van der Waals surface area (Å²) in [7, 11) is 0. The van der Waals surface area contributed by atoms with E-state index in [1.807, 2.05) is 17.9 Å². The van der Waals surface area contributed by atoms with Crippen LogP contribution in [0.4, 0.5) is 11.5 Å².